The van der Waals surface area contributed by atoms with Gasteiger partial charge in [0.2, 0.25) is 0 Å². The molecule has 0 aromatic heterocycles. The molecule has 0 spiro atoms. The van der Waals surface area contributed by atoms with Gasteiger partial charge in [0.25, 0.3) is 0 Å². The Kier molecular flexibility index (Phi) is 10.9. The first-order valence-corrected chi connectivity index (χ1v) is 7.97. The fraction of sp³-hybridized carbons (Fsp3) is 1.00. The summed E-state index contributed by atoms with van der Waals surface area (Å²) in [6, 6.07) is 0. The molecule has 0 radical (unpaired) electrons. The lowest BCUT2D eigenvalue weighted by Gasteiger charge is -2.14. The highest BCUT2D eigenvalue weighted by atomic mass is 31.1. The van der Waals surface area contributed by atoms with Crippen LogP contribution >= 0.6 is 7.92 Å². The predicted octanol–water partition coefficient (Wildman–Crippen LogP) is 4.87. The molecule has 80 valence electrons. The Morgan fingerprint density at radius 3 is 1.85 bits per heavy atom. The zero-order valence-corrected chi connectivity index (χ0v) is 10.7. The number of unbranched alkanes of at least 4 members (excludes halogenated alkanes) is 4. The van der Waals surface area contributed by atoms with Crippen LogP contribution in [0.15, 0.2) is 0 Å². The number of rotatable bonds is 9. The van der Waals surface area contributed by atoms with Gasteiger partial charge in [0.15, 0.2) is 0 Å². The molecule has 0 aromatic carbocycles. The minimum absolute atomic E-state index is 0.419. The van der Waals surface area contributed by atoms with Crippen molar-refractivity contribution in [3.05, 3.63) is 0 Å². The quantitative estimate of drug-likeness (QED) is 0.369. The second-order valence-corrected chi connectivity index (χ2v) is 6.72. The smallest absolute Gasteiger partial charge is 0.0326 e. The third kappa shape index (κ3) is 8.75. The molecule has 1 unspecified atom stereocenters. The average molecular weight is 202 g/mol. The summed E-state index contributed by atoms with van der Waals surface area (Å²) in [6.45, 7) is 6.97. The minimum Gasteiger partial charge on any atom is -0.107 e. The van der Waals surface area contributed by atoms with Gasteiger partial charge in [-0.2, -0.15) is 0 Å². The van der Waals surface area contributed by atoms with Crippen molar-refractivity contribution in [2.45, 2.75) is 59.3 Å². The van der Waals surface area contributed by atoms with Crippen LogP contribution in [-0.4, -0.2) is 18.5 Å². The zero-order valence-electron chi connectivity index (χ0n) is 9.81. The summed E-state index contributed by atoms with van der Waals surface area (Å²) in [7, 11) is 0.419. The maximum absolute atomic E-state index is 2.38. The van der Waals surface area contributed by atoms with Crippen LogP contribution in [-0.2, 0) is 0 Å². The van der Waals surface area contributed by atoms with Crippen molar-refractivity contribution in [2.75, 3.05) is 18.5 Å². The van der Waals surface area contributed by atoms with E-state index in [-0.39, 0.29) is 0 Å². The van der Waals surface area contributed by atoms with Gasteiger partial charge in [-0.05, 0) is 31.3 Å². The summed E-state index contributed by atoms with van der Waals surface area (Å²) in [5, 5.41) is 0. The molecule has 0 fully saturated rings. The molecule has 0 N–H and O–H groups in total. The van der Waals surface area contributed by atoms with Crippen molar-refractivity contribution in [2.24, 2.45) is 0 Å². The van der Waals surface area contributed by atoms with Gasteiger partial charge in [-0.3, -0.25) is 0 Å². The van der Waals surface area contributed by atoms with E-state index in [1.807, 2.05) is 0 Å². The molecule has 0 rings (SSSR count). The first kappa shape index (κ1) is 13.4. The molecule has 1 heteroatoms. The Morgan fingerprint density at radius 1 is 0.692 bits per heavy atom. The molecule has 0 aliphatic carbocycles. The first-order chi connectivity index (χ1) is 6.35. The Labute approximate surface area is 86.3 Å². The monoisotopic (exact) mass is 202 g/mol. The second kappa shape index (κ2) is 10.5. The summed E-state index contributed by atoms with van der Waals surface area (Å²) in [5.74, 6) is 0. The first-order valence-electron chi connectivity index (χ1n) is 6.07. The topological polar surface area (TPSA) is 0 Å². The lowest BCUT2D eigenvalue weighted by atomic mass is 10.2. The highest BCUT2D eigenvalue weighted by Crippen LogP contribution is 2.37. The van der Waals surface area contributed by atoms with E-state index < -0.39 is 0 Å². The largest absolute Gasteiger partial charge is 0.107 e. The van der Waals surface area contributed by atoms with Crippen LogP contribution in [0.1, 0.15) is 59.3 Å². The molecule has 0 nitrogen and oxygen atoms in total. The van der Waals surface area contributed by atoms with Gasteiger partial charge in [-0.25, -0.2) is 0 Å². The lowest BCUT2D eigenvalue weighted by molar-refractivity contribution is 0.704. The number of hydrogen-bond acceptors (Lipinski definition) is 0. The van der Waals surface area contributed by atoms with E-state index >= 15 is 0 Å². The van der Waals surface area contributed by atoms with Gasteiger partial charge in [0, 0.05) is 0 Å². The molecule has 0 aliphatic heterocycles. The van der Waals surface area contributed by atoms with E-state index in [0.29, 0.717) is 7.92 Å². The average Bonchev–Trinajstić information content (AvgIpc) is 2.17. The van der Waals surface area contributed by atoms with Crippen molar-refractivity contribution in [1.29, 1.82) is 0 Å². The van der Waals surface area contributed by atoms with E-state index in [1.54, 1.807) is 6.16 Å². The van der Waals surface area contributed by atoms with E-state index in [4.69, 9.17) is 0 Å². The maximum atomic E-state index is 2.38. The molecule has 1 atom stereocenters. The Bertz CT molecular complexity index is 91.1. The summed E-state index contributed by atoms with van der Waals surface area (Å²) < 4.78 is 0. The van der Waals surface area contributed by atoms with Gasteiger partial charge in [-0.1, -0.05) is 46.5 Å². The molecule has 0 heterocycles. The van der Waals surface area contributed by atoms with E-state index in [1.165, 1.54) is 50.8 Å². The minimum atomic E-state index is 0.419. The Balaban J connectivity index is 3.25. The Hall–Kier alpha value is 0.430. The van der Waals surface area contributed by atoms with Crippen molar-refractivity contribution in [1.82, 2.24) is 0 Å². The van der Waals surface area contributed by atoms with Crippen LogP contribution in [0, 0.1) is 0 Å². The Morgan fingerprint density at radius 2 is 1.31 bits per heavy atom. The normalized spacial score (nSPS) is 13.2. The predicted molar refractivity (Wildman–Crippen MR) is 66.2 cm³/mol. The van der Waals surface area contributed by atoms with E-state index in [0.717, 1.165) is 0 Å². The fourth-order valence-corrected chi connectivity index (χ4v) is 3.86. The second-order valence-electron chi connectivity index (χ2n) is 3.85. The maximum Gasteiger partial charge on any atom is -0.0326 e. The van der Waals surface area contributed by atoms with Crippen LogP contribution in [0.5, 0.6) is 0 Å². The molecule has 0 bridgehead atoms. The fourth-order valence-electron chi connectivity index (χ4n) is 1.57. The van der Waals surface area contributed by atoms with Crippen molar-refractivity contribution in [3.8, 4) is 0 Å². The highest BCUT2D eigenvalue weighted by Gasteiger charge is 2.03. The van der Waals surface area contributed by atoms with Gasteiger partial charge >= 0.3 is 0 Å². The van der Waals surface area contributed by atoms with Crippen LogP contribution in [0.3, 0.4) is 0 Å². The summed E-state index contributed by atoms with van der Waals surface area (Å²) in [6.07, 6.45) is 13.2. The summed E-state index contributed by atoms with van der Waals surface area (Å²) in [5.41, 5.74) is 0. The van der Waals surface area contributed by atoms with Gasteiger partial charge in [0.05, 0.1) is 0 Å². The van der Waals surface area contributed by atoms with Gasteiger partial charge < -0.3 is 0 Å². The molecular weight excluding hydrogens is 175 g/mol. The van der Waals surface area contributed by atoms with E-state index in [9.17, 15) is 0 Å². The zero-order chi connectivity index (χ0) is 9.94. The van der Waals surface area contributed by atoms with Crippen LogP contribution in [0.4, 0.5) is 0 Å². The standard InChI is InChI=1S/C12H27P/c1-4-7-9-10-12-13(6-3)11-8-5-2/h4-12H2,1-3H3. The highest BCUT2D eigenvalue weighted by molar-refractivity contribution is 7.57. The van der Waals surface area contributed by atoms with Crippen LogP contribution < -0.4 is 0 Å². The third-order valence-corrected chi connectivity index (χ3v) is 5.39. The molecule has 13 heavy (non-hydrogen) atoms. The number of hydrogen-bond donors (Lipinski definition) is 0. The van der Waals surface area contributed by atoms with Crippen molar-refractivity contribution in [3.63, 3.8) is 0 Å². The molecule has 0 aliphatic rings. The van der Waals surface area contributed by atoms with Gasteiger partial charge in [-0.15, -0.1) is 7.92 Å². The van der Waals surface area contributed by atoms with E-state index in [2.05, 4.69) is 20.8 Å². The summed E-state index contributed by atoms with van der Waals surface area (Å²) in [4.78, 5) is 0. The van der Waals surface area contributed by atoms with Crippen LogP contribution in [0.2, 0.25) is 0 Å². The third-order valence-electron chi connectivity index (χ3n) is 2.60. The van der Waals surface area contributed by atoms with Gasteiger partial charge in [0.1, 0.15) is 0 Å². The molecule has 0 saturated heterocycles. The molecule has 0 saturated carbocycles. The molecular formula is C12H27P. The lowest BCUT2D eigenvalue weighted by Crippen LogP contribution is -1.93. The van der Waals surface area contributed by atoms with Crippen LogP contribution in [0.25, 0.3) is 0 Å². The molecule has 0 aromatic rings. The SMILES string of the molecule is CCCCCCP(CC)CCCC. The van der Waals surface area contributed by atoms with Crippen molar-refractivity contribution >= 4 is 7.92 Å². The molecule has 0 amide bonds. The summed E-state index contributed by atoms with van der Waals surface area (Å²) >= 11 is 0. The van der Waals surface area contributed by atoms with Crippen molar-refractivity contribution < 1.29 is 0 Å².